The van der Waals surface area contributed by atoms with Gasteiger partial charge in [0, 0.05) is 19.0 Å². The molecule has 4 nitrogen and oxygen atoms in total. The molecule has 0 unspecified atom stereocenters. The van der Waals surface area contributed by atoms with Gasteiger partial charge < -0.3 is 16.4 Å². The topological polar surface area (TPSA) is 67.1 Å². The summed E-state index contributed by atoms with van der Waals surface area (Å²) in [5.41, 5.74) is 5.83. The molecule has 0 radical (unpaired) electrons. The minimum absolute atomic E-state index is 0. The Morgan fingerprint density at radius 2 is 1.92 bits per heavy atom. The Kier molecular flexibility index (Phi) is 10.4. The summed E-state index contributed by atoms with van der Waals surface area (Å²) in [7, 11) is 0. The van der Waals surface area contributed by atoms with Crippen LogP contribution in [0.2, 0.25) is 0 Å². The monoisotopic (exact) mass is 415 g/mol. The first-order valence-electron chi connectivity index (χ1n) is 8.31. The predicted molar refractivity (Wildman–Crippen MR) is 103 cm³/mol. The number of hydrogen-bond acceptors (Lipinski definition) is 3. The van der Waals surface area contributed by atoms with Gasteiger partial charge >= 0.3 is 6.18 Å². The van der Waals surface area contributed by atoms with Crippen molar-refractivity contribution in [1.82, 2.24) is 0 Å². The number of nitrogens with two attached hydrogens (primary N) is 1. The average Bonchev–Trinajstić information content (AvgIpc) is 2.90. The number of hydrogen-bond donors (Lipinski definition) is 3. The second-order valence-corrected chi connectivity index (χ2v) is 6.29. The van der Waals surface area contributed by atoms with E-state index in [-0.39, 0.29) is 54.8 Å². The van der Waals surface area contributed by atoms with Gasteiger partial charge in [0.2, 0.25) is 5.91 Å². The molecule has 1 amide bonds. The summed E-state index contributed by atoms with van der Waals surface area (Å²) in [5.74, 6) is -0.195. The minimum Gasteiger partial charge on any atom is -0.383 e. The molecule has 2 rings (SSSR count). The van der Waals surface area contributed by atoms with Gasteiger partial charge in [-0.15, -0.1) is 24.8 Å². The fourth-order valence-electron chi connectivity index (χ4n) is 3.00. The lowest BCUT2D eigenvalue weighted by molar-refractivity contribution is -0.137. The molecule has 150 valence electrons. The number of halogens is 5. The lowest BCUT2D eigenvalue weighted by Crippen LogP contribution is -2.28. The van der Waals surface area contributed by atoms with Gasteiger partial charge in [-0.3, -0.25) is 4.79 Å². The zero-order valence-electron chi connectivity index (χ0n) is 14.6. The van der Waals surface area contributed by atoms with Crippen molar-refractivity contribution in [2.24, 2.45) is 11.7 Å². The number of alkyl halides is 3. The molecule has 4 N–H and O–H groups in total. The molecule has 1 saturated carbocycles. The number of rotatable bonds is 6. The molecule has 0 saturated heterocycles. The third-order valence-electron chi connectivity index (χ3n) is 4.35. The molecule has 2 atom stereocenters. The van der Waals surface area contributed by atoms with Gasteiger partial charge in [0.05, 0.1) is 16.9 Å². The Morgan fingerprint density at radius 3 is 2.46 bits per heavy atom. The summed E-state index contributed by atoms with van der Waals surface area (Å²) in [5, 5.41) is 5.66. The van der Waals surface area contributed by atoms with Crippen LogP contribution >= 0.6 is 24.8 Å². The third-order valence-corrected chi connectivity index (χ3v) is 4.35. The van der Waals surface area contributed by atoms with Crippen molar-refractivity contribution in [1.29, 1.82) is 0 Å². The Labute approximate surface area is 164 Å². The van der Waals surface area contributed by atoms with Gasteiger partial charge in [0.25, 0.3) is 0 Å². The Morgan fingerprint density at radius 1 is 1.23 bits per heavy atom. The zero-order chi connectivity index (χ0) is 17.7. The summed E-state index contributed by atoms with van der Waals surface area (Å²) < 4.78 is 38.8. The van der Waals surface area contributed by atoms with Gasteiger partial charge in [-0.1, -0.05) is 13.3 Å². The molecule has 0 aromatic heterocycles. The molecule has 26 heavy (non-hydrogen) atoms. The van der Waals surface area contributed by atoms with Crippen molar-refractivity contribution >= 4 is 42.1 Å². The molecular formula is C17H26Cl2F3N3O. The number of anilines is 2. The van der Waals surface area contributed by atoms with Crippen LogP contribution in [0.5, 0.6) is 0 Å². The Hall–Kier alpha value is -1.18. The van der Waals surface area contributed by atoms with Crippen LogP contribution in [-0.2, 0) is 11.0 Å². The van der Waals surface area contributed by atoms with Crippen LogP contribution in [0, 0.1) is 5.92 Å². The SMILES string of the molecule is CCCNc1ccc(C(F)(F)F)cc1NC(=O)C[C@@H]1CCC[C@H]1N.Cl.Cl. The fraction of sp³-hybridized carbons (Fsp3) is 0.588. The third kappa shape index (κ3) is 6.85. The lowest BCUT2D eigenvalue weighted by Gasteiger charge is -2.18. The maximum atomic E-state index is 12.9. The number of amides is 1. The molecule has 0 spiro atoms. The van der Waals surface area contributed by atoms with E-state index < -0.39 is 11.7 Å². The molecule has 0 aliphatic heterocycles. The maximum absolute atomic E-state index is 12.9. The molecule has 1 aromatic carbocycles. The van der Waals surface area contributed by atoms with E-state index in [0.29, 0.717) is 12.2 Å². The van der Waals surface area contributed by atoms with Crippen molar-refractivity contribution in [2.75, 3.05) is 17.2 Å². The summed E-state index contributed by atoms with van der Waals surface area (Å²) in [6.07, 6.45) is -0.610. The molecule has 1 aliphatic rings. The molecule has 1 aliphatic carbocycles. The van der Waals surface area contributed by atoms with Crippen molar-refractivity contribution in [3.63, 3.8) is 0 Å². The molecule has 0 heterocycles. The zero-order valence-corrected chi connectivity index (χ0v) is 16.2. The van der Waals surface area contributed by atoms with Gasteiger partial charge in [-0.25, -0.2) is 0 Å². The van der Waals surface area contributed by atoms with Gasteiger partial charge in [-0.2, -0.15) is 13.2 Å². The maximum Gasteiger partial charge on any atom is 0.416 e. The number of nitrogens with one attached hydrogen (secondary N) is 2. The van der Waals surface area contributed by atoms with E-state index in [4.69, 9.17) is 5.73 Å². The van der Waals surface area contributed by atoms with E-state index in [9.17, 15) is 18.0 Å². The van der Waals surface area contributed by atoms with Gasteiger partial charge in [-0.05, 0) is 43.4 Å². The normalized spacial score (nSPS) is 19.3. The van der Waals surface area contributed by atoms with E-state index >= 15 is 0 Å². The number of benzene rings is 1. The molecule has 1 fully saturated rings. The second kappa shape index (κ2) is 10.8. The van der Waals surface area contributed by atoms with Crippen LogP contribution in [0.15, 0.2) is 18.2 Å². The van der Waals surface area contributed by atoms with E-state index in [1.54, 1.807) is 0 Å². The van der Waals surface area contributed by atoms with Crippen molar-refractivity contribution in [3.8, 4) is 0 Å². The Bertz CT molecular complexity index is 585. The largest absolute Gasteiger partial charge is 0.416 e. The average molecular weight is 416 g/mol. The summed E-state index contributed by atoms with van der Waals surface area (Å²) in [6, 6.07) is 3.34. The smallest absolute Gasteiger partial charge is 0.383 e. The van der Waals surface area contributed by atoms with Crippen molar-refractivity contribution < 1.29 is 18.0 Å². The van der Waals surface area contributed by atoms with Gasteiger partial charge in [0.1, 0.15) is 0 Å². The van der Waals surface area contributed by atoms with E-state index in [1.165, 1.54) is 6.07 Å². The lowest BCUT2D eigenvalue weighted by atomic mass is 10.00. The highest BCUT2D eigenvalue weighted by atomic mass is 35.5. The summed E-state index contributed by atoms with van der Waals surface area (Å²) in [4.78, 5) is 12.2. The van der Waals surface area contributed by atoms with Crippen LogP contribution < -0.4 is 16.4 Å². The van der Waals surface area contributed by atoms with Crippen LogP contribution in [-0.4, -0.2) is 18.5 Å². The number of carbonyl (C=O) groups is 1. The highest BCUT2D eigenvalue weighted by molar-refractivity contribution is 5.94. The van der Waals surface area contributed by atoms with Crippen LogP contribution in [0.4, 0.5) is 24.5 Å². The van der Waals surface area contributed by atoms with Crippen LogP contribution in [0.3, 0.4) is 0 Å². The first-order valence-corrected chi connectivity index (χ1v) is 8.31. The van der Waals surface area contributed by atoms with Crippen molar-refractivity contribution in [3.05, 3.63) is 23.8 Å². The van der Waals surface area contributed by atoms with Crippen LogP contribution in [0.1, 0.15) is 44.6 Å². The molecule has 0 bridgehead atoms. The first-order chi connectivity index (χ1) is 11.3. The van der Waals surface area contributed by atoms with Crippen molar-refractivity contribution in [2.45, 2.75) is 51.2 Å². The number of carbonyl (C=O) groups excluding carboxylic acids is 1. The molecule has 9 heteroatoms. The van der Waals surface area contributed by atoms with E-state index in [0.717, 1.165) is 37.8 Å². The first kappa shape index (κ1) is 24.8. The molecular weight excluding hydrogens is 390 g/mol. The van der Waals surface area contributed by atoms with E-state index in [2.05, 4.69) is 10.6 Å². The summed E-state index contributed by atoms with van der Waals surface area (Å²) in [6.45, 7) is 2.57. The highest BCUT2D eigenvalue weighted by Crippen LogP contribution is 2.34. The van der Waals surface area contributed by atoms with E-state index in [1.807, 2.05) is 6.92 Å². The van der Waals surface area contributed by atoms with Crippen LogP contribution in [0.25, 0.3) is 0 Å². The standard InChI is InChI=1S/C17H24F3N3O.2ClH/c1-2-8-22-14-7-6-12(17(18,19)20)10-15(14)23-16(24)9-11-4-3-5-13(11)21;;/h6-7,10-11,13,22H,2-5,8-9,21H2,1H3,(H,23,24);2*1H/t11-,13+;;/m0../s1. The van der Waals surface area contributed by atoms with Gasteiger partial charge in [0.15, 0.2) is 0 Å². The quantitative estimate of drug-likeness (QED) is 0.623. The fourth-order valence-corrected chi connectivity index (χ4v) is 3.00. The second-order valence-electron chi connectivity index (χ2n) is 6.29. The minimum atomic E-state index is -4.45. The molecule has 1 aromatic rings. The Balaban J connectivity index is 0.00000312. The predicted octanol–water partition coefficient (Wildman–Crippen LogP) is 4.83. The summed E-state index contributed by atoms with van der Waals surface area (Å²) >= 11 is 0. The highest BCUT2D eigenvalue weighted by Gasteiger charge is 2.31.